The van der Waals surface area contributed by atoms with E-state index in [2.05, 4.69) is 45.3 Å². The predicted octanol–water partition coefficient (Wildman–Crippen LogP) is 3.86. The second-order valence-corrected chi connectivity index (χ2v) is 7.99. The van der Waals surface area contributed by atoms with Crippen molar-refractivity contribution < 1.29 is 4.74 Å². The molecule has 0 bridgehead atoms. The van der Waals surface area contributed by atoms with Gasteiger partial charge in [0.25, 0.3) is 0 Å². The van der Waals surface area contributed by atoms with E-state index in [0.29, 0.717) is 0 Å². The molecule has 0 amide bonds. The van der Waals surface area contributed by atoms with Crippen LogP contribution in [0.1, 0.15) is 23.3 Å². The number of benzene rings is 1. The number of guanidine groups is 1. The minimum absolute atomic E-state index is 0.0258. The number of nitrogens with zero attached hydrogens (tertiary/aromatic N) is 1. The van der Waals surface area contributed by atoms with E-state index < -0.39 is 0 Å². The van der Waals surface area contributed by atoms with E-state index in [1.807, 2.05) is 19.2 Å². The van der Waals surface area contributed by atoms with Crippen LogP contribution in [-0.2, 0) is 16.6 Å². The van der Waals surface area contributed by atoms with Crippen LogP contribution in [0.5, 0.6) is 0 Å². The van der Waals surface area contributed by atoms with Gasteiger partial charge >= 0.3 is 0 Å². The lowest BCUT2D eigenvalue weighted by Crippen LogP contribution is -2.48. The van der Waals surface area contributed by atoms with E-state index in [1.165, 1.54) is 10.4 Å². The SMILES string of the molecule is CN=C(NCCc1cccs1)NCC1(c2ccccc2Cl)CCOCC1. The zero-order chi connectivity index (χ0) is 18.2. The first-order valence-corrected chi connectivity index (χ1v) is 10.3. The average Bonchev–Trinajstić information content (AvgIpc) is 3.19. The van der Waals surface area contributed by atoms with Crippen molar-refractivity contribution in [1.82, 2.24) is 10.6 Å². The maximum absolute atomic E-state index is 6.52. The molecule has 0 spiro atoms. The summed E-state index contributed by atoms with van der Waals surface area (Å²) in [4.78, 5) is 5.75. The molecular formula is C20H26ClN3OS. The van der Waals surface area contributed by atoms with Crippen LogP contribution >= 0.6 is 22.9 Å². The van der Waals surface area contributed by atoms with Crippen LogP contribution in [0.2, 0.25) is 5.02 Å². The van der Waals surface area contributed by atoms with E-state index in [0.717, 1.165) is 56.5 Å². The van der Waals surface area contributed by atoms with Gasteiger partial charge in [0.15, 0.2) is 5.96 Å². The number of rotatable bonds is 6. The molecule has 0 atom stereocenters. The van der Waals surface area contributed by atoms with Crippen LogP contribution in [0.15, 0.2) is 46.8 Å². The lowest BCUT2D eigenvalue weighted by molar-refractivity contribution is 0.0514. The van der Waals surface area contributed by atoms with Gasteiger partial charge in [0.2, 0.25) is 0 Å². The minimum atomic E-state index is -0.0258. The molecule has 2 N–H and O–H groups in total. The maximum atomic E-state index is 6.52. The Balaban J connectivity index is 1.62. The number of ether oxygens (including phenoxy) is 1. The smallest absolute Gasteiger partial charge is 0.191 e. The molecule has 0 saturated carbocycles. The van der Waals surface area contributed by atoms with Crippen LogP contribution < -0.4 is 10.6 Å². The minimum Gasteiger partial charge on any atom is -0.381 e. The van der Waals surface area contributed by atoms with E-state index in [9.17, 15) is 0 Å². The van der Waals surface area contributed by atoms with Gasteiger partial charge in [-0.2, -0.15) is 0 Å². The molecular weight excluding hydrogens is 366 g/mol. The Hall–Kier alpha value is -1.56. The molecule has 0 aliphatic carbocycles. The molecule has 1 saturated heterocycles. The highest BCUT2D eigenvalue weighted by molar-refractivity contribution is 7.09. The Morgan fingerprint density at radius 3 is 2.69 bits per heavy atom. The van der Waals surface area contributed by atoms with Gasteiger partial charge in [-0.1, -0.05) is 35.9 Å². The number of halogens is 1. The highest BCUT2D eigenvalue weighted by atomic mass is 35.5. The first-order valence-electron chi connectivity index (χ1n) is 9.03. The summed E-state index contributed by atoms with van der Waals surface area (Å²) in [7, 11) is 1.81. The lowest BCUT2D eigenvalue weighted by atomic mass is 9.74. The molecule has 1 aromatic heterocycles. The van der Waals surface area contributed by atoms with Gasteiger partial charge in [-0.15, -0.1) is 11.3 Å². The fourth-order valence-corrected chi connectivity index (χ4v) is 4.47. The predicted molar refractivity (Wildman–Crippen MR) is 111 cm³/mol. The van der Waals surface area contributed by atoms with Gasteiger partial charge in [0.05, 0.1) is 0 Å². The van der Waals surface area contributed by atoms with Gasteiger partial charge in [-0.25, -0.2) is 0 Å². The number of hydrogen-bond acceptors (Lipinski definition) is 3. The molecule has 1 aromatic carbocycles. The summed E-state index contributed by atoms with van der Waals surface area (Å²) in [6, 6.07) is 12.4. The van der Waals surface area contributed by atoms with Gasteiger partial charge in [-0.05, 0) is 42.3 Å². The molecule has 26 heavy (non-hydrogen) atoms. The summed E-state index contributed by atoms with van der Waals surface area (Å²) < 4.78 is 5.61. The van der Waals surface area contributed by atoms with Gasteiger partial charge < -0.3 is 15.4 Å². The lowest BCUT2D eigenvalue weighted by Gasteiger charge is -2.38. The van der Waals surface area contributed by atoms with E-state index in [4.69, 9.17) is 16.3 Å². The third-order valence-electron chi connectivity index (χ3n) is 4.96. The first kappa shape index (κ1) is 19.2. The molecule has 2 heterocycles. The normalized spacial score (nSPS) is 17.1. The zero-order valence-electron chi connectivity index (χ0n) is 15.1. The van der Waals surface area contributed by atoms with Crippen molar-refractivity contribution in [3.8, 4) is 0 Å². The summed E-state index contributed by atoms with van der Waals surface area (Å²) in [5.41, 5.74) is 1.17. The topological polar surface area (TPSA) is 45.7 Å². The van der Waals surface area contributed by atoms with Crippen molar-refractivity contribution in [1.29, 1.82) is 0 Å². The maximum Gasteiger partial charge on any atom is 0.191 e. The zero-order valence-corrected chi connectivity index (χ0v) is 16.7. The quantitative estimate of drug-likeness (QED) is 0.580. The molecule has 6 heteroatoms. The molecule has 0 radical (unpaired) electrons. The monoisotopic (exact) mass is 391 g/mol. The average molecular weight is 392 g/mol. The van der Waals surface area contributed by atoms with Gasteiger partial charge in [-0.3, -0.25) is 4.99 Å². The molecule has 4 nitrogen and oxygen atoms in total. The Labute approximate surface area is 164 Å². The van der Waals surface area contributed by atoms with Crippen LogP contribution in [0, 0.1) is 0 Å². The Morgan fingerprint density at radius 2 is 2.00 bits per heavy atom. The summed E-state index contributed by atoms with van der Waals surface area (Å²) >= 11 is 8.31. The Bertz CT molecular complexity index is 712. The Morgan fingerprint density at radius 1 is 1.19 bits per heavy atom. The molecule has 2 aromatic rings. The van der Waals surface area contributed by atoms with E-state index in [1.54, 1.807) is 11.3 Å². The molecule has 1 aliphatic heterocycles. The van der Waals surface area contributed by atoms with Crippen molar-refractivity contribution in [3.63, 3.8) is 0 Å². The third-order valence-corrected chi connectivity index (χ3v) is 6.22. The van der Waals surface area contributed by atoms with Crippen molar-refractivity contribution in [2.24, 2.45) is 4.99 Å². The molecule has 1 fully saturated rings. The number of nitrogens with one attached hydrogen (secondary N) is 2. The van der Waals surface area contributed by atoms with Crippen LogP contribution in [0.4, 0.5) is 0 Å². The highest BCUT2D eigenvalue weighted by Gasteiger charge is 2.36. The standard InChI is InChI=1S/C20H26ClN3OS/c1-22-19(23-11-8-16-5-4-14-26-16)24-15-20(9-12-25-13-10-20)17-6-2-3-7-18(17)21/h2-7,14H,8-13,15H2,1H3,(H2,22,23,24). The largest absolute Gasteiger partial charge is 0.381 e. The van der Waals surface area contributed by atoms with E-state index >= 15 is 0 Å². The van der Waals surface area contributed by atoms with Crippen LogP contribution in [0.3, 0.4) is 0 Å². The summed E-state index contributed by atoms with van der Waals surface area (Å²) in [5.74, 6) is 0.833. The second kappa shape index (κ2) is 9.40. The Kier molecular flexibility index (Phi) is 6.94. The highest BCUT2D eigenvalue weighted by Crippen LogP contribution is 2.38. The van der Waals surface area contributed by atoms with Gasteiger partial charge in [0.1, 0.15) is 0 Å². The van der Waals surface area contributed by atoms with Crippen molar-refractivity contribution in [2.45, 2.75) is 24.7 Å². The second-order valence-electron chi connectivity index (χ2n) is 6.55. The summed E-state index contributed by atoms with van der Waals surface area (Å²) in [6.45, 7) is 3.18. The summed E-state index contributed by atoms with van der Waals surface area (Å²) in [5, 5.41) is 9.87. The van der Waals surface area contributed by atoms with Crippen molar-refractivity contribution >= 4 is 28.9 Å². The van der Waals surface area contributed by atoms with Crippen LogP contribution in [0.25, 0.3) is 0 Å². The van der Waals surface area contributed by atoms with Crippen molar-refractivity contribution in [3.05, 3.63) is 57.2 Å². The molecule has 1 aliphatic rings. The number of hydrogen-bond donors (Lipinski definition) is 2. The molecule has 0 unspecified atom stereocenters. The number of thiophene rings is 1. The molecule has 3 rings (SSSR count). The number of aliphatic imine (C=N–C) groups is 1. The fourth-order valence-electron chi connectivity index (χ4n) is 3.43. The van der Waals surface area contributed by atoms with E-state index in [-0.39, 0.29) is 5.41 Å². The summed E-state index contributed by atoms with van der Waals surface area (Å²) in [6.07, 6.45) is 2.91. The van der Waals surface area contributed by atoms with Crippen LogP contribution in [-0.4, -0.2) is 39.3 Å². The van der Waals surface area contributed by atoms with Crippen molar-refractivity contribution in [2.75, 3.05) is 33.4 Å². The molecule has 140 valence electrons. The fraction of sp³-hybridized carbons (Fsp3) is 0.450. The van der Waals surface area contributed by atoms with Gasteiger partial charge in [0, 0.05) is 48.7 Å². The first-order chi connectivity index (χ1) is 12.7. The third kappa shape index (κ3) is 4.78.